The molecule has 0 bridgehead atoms. The lowest BCUT2D eigenvalue weighted by molar-refractivity contribution is -0.188. The van der Waals surface area contributed by atoms with Gasteiger partial charge in [-0.05, 0) is 12.8 Å². The van der Waals surface area contributed by atoms with E-state index in [2.05, 4.69) is 0 Å². The third kappa shape index (κ3) is 1.97. The lowest BCUT2D eigenvalue weighted by Gasteiger charge is -2.45. The van der Waals surface area contributed by atoms with Gasteiger partial charge >= 0.3 is 0 Å². The molecule has 0 aromatic carbocycles. The van der Waals surface area contributed by atoms with Gasteiger partial charge in [-0.1, -0.05) is 13.8 Å². The van der Waals surface area contributed by atoms with Crippen LogP contribution in [0.3, 0.4) is 0 Å². The molecule has 0 aliphatic carbocycles. The SMILES string of the molecule is CC.ON1CCC2(CC1)COC2. The fourth-order valence-corrected chi connectivity index (χ4v) is 1.65. The quantitative estimate of drug-likeness (QED) is 0.602. The fraction of sp³-hybridized carbons (Fsp3) is 1.00. The largest absolute Gasteiger partial charge is 0.380 e. The van der Waals surface area contributed by atoms with Crippen LogP contribution in [0.1, 0.15) is 26.7 Å². The predicted octanol–water partition coefficient (Wildman–Crippen LogP) is 1.51. The van der Waals surface area contributed by atoms with Crippen molar-refractivity contribution in [2.75, 3.05) is 26.3 Å². The van der Waals surface area contributed by atoms with E-state index in [9.17, 15) is 0 Å². The van der Waals surface area contributed by atoms with E-state index in [1.807, 2.05) is 13.8 Å². The van der Waals surface area contributed by atoms with Crippen LogP contribution in [0.5, 0.6) is 0 Å². The molecule has 0 aromatic rings. The van der Waals surface area contributed by atoms with Crippen LogP contribution in [0, 0.1) is 5.41 Å². The van der Waals surface area contributed by atoms with Crippen LogP contribution in [0.4, 0.5) is 0 Å². The first-order valence-electron chi connectivity index (χ1n) is 4.82. The first kappa shape index (κ1) is 9.96. The van der Waals surface area contributed by atoms with E-state index >= 15 is 0 Å². The highest BCUT2D eigenvalue weighted by Crippen LogP contribution is 2.37. The van der Waals surface area contributed by atoms with Gasteiger partial charge in [0.05, 0.1) is 13.2 Å². The Labute approximate surface area is 74.3 Å². The number of piperidine rings is 1. The maximum atomic E-state index is 9.05. The Morgan fingerprint density at radius 2 is 1.67 bits per heavy atom. The topological polar surface area (TPSA) is 32.7 Å². The summed E-state index contributed by atoms with van der Waals surface area (Å²) >= 11 is 0. The lowest BCUT2D eigenvalue weighted by atomic mass is 9.77. The normalized spacial score (nSPS) is 27.2. The first-order valence-corrected chi connectivity index (χ1v) is 4.82. The van der Waals surface area contributed by atoms with Crippen molar-refractivity contribution in [2.45, 2.75) is 26.7 Å². The Morgan fingerprint density at radius 1 is 1.17 bits per heavy atom. The van der Waals surface area contributed by atoms with Crippen molar-refractivity contribution in [2.24, 2.45) is 5.41 Å². The van der Waals surface area contributed by atoms with Gasteiger partial charge in [-0.2, -0.15) is 5.06 Å². The highest BCUT2D eigenvalue weighted by Gasteiger charge is 2.40. The zero-order valence-electron chi connectivity index (χ0n) is 8.05. The molecular weight excluding hydrogens is 154 g/mol. The van der Waals surface area contributed by atoms with Gasteiger partial charge in [-0.15, -0.1) is 0 Å². The molecule has 1 spiro atoms. The standard InChI is InChI=1S/C7H13NO2.C2H6/c9-8-3-1-7(2-4-8)5-10-6-7;1-2/h9H,1-6H2;1-2H3. The Bertz CT molecular complexity index is 124. The molecule has 0 saturated carbocycles. The molecule has 2 rings (SSSR count). The van der Waals surface area contributed by atoms with Crippen molar-refractivity contribution in [3.63, 3.8) is 0 Å². The molecule has 2 aliphatic rings. The lowest BCUT2D eigenvalue weighted by Crippen LogP contribution is -2.50. The minimum absolute atomic E-state index is 0.458. The molecule has 2 fully saturated rings. The van der Waals surface area contributed by atoms with Gasteiger partial charge in [0.2, 0.25) is 0 Å². The highest BCUT2D eigenvalue weighted by molar-refractivity contribution is 4.89. The van der Waals surface area contributed by atoms with Crippen molar-refractivity contribution in [3.8, 4) is 0 Å². The predicted molar refractivity (Wildman–Crippen MR) is 47.2 cm³/mol. The van der Waals surface area contributed by atoms with Crippen LogP contribution in [0.15, 0.2) is 0 Å². The number of hydroxylamine groups is 2. The number of ether oxygens (including phenoxy) is 1. The van der Waals surface area contributed by atoms with Gasteiger partial charge in [-0.3, -0.25) is 0 Å². The summed E-state index contributed by atoms with van der Waals surface area (Å²) in [6.45, 7) is 7.48. The minimum Gasteiger partial charge on any atom is -0.380 e. The van der Waals surface area contributed by atoms with Crippen molar-refractivity contribution in [1.29, 1.82) is 0 Å². The van der Waals surface area contributed by atoms with Crippen LogP contribution in [-0.4, -0.2) is 36.6 Å². The molecule has 0 aromatic heterocycles. The molecule has 2 heterocycles. The maximum Gasteiger partial charge on any atom is 0.0545 e. The van der Waals surface area contributed by atoms with E-state index < -0.39 is 0 Å². The first-order chi connectivity index (χ1) is 5.81. The maximum absolute atomic E-state index is 9.05. The second-order valence-corrected chi connectivity index (χ2v) is 3.45. The van der Waals surface area contributed by atoms with Crippen LogP contribution >= 0.6 is 0 Å². The summed E-state index contributed by atoms with van der Waals surface area (Å²) in [6, 6.07) is 0. The van der Waals surface area contributed by atoms with Crippen LogP contribution in [-0.2, 0) is 4.74 Å². The van der Waals surface area contributed by atoms with E-state index in [0.29, 0.717) is 5.41 Å². The molecule has 2 saturated heterocycles. The van der Waals surface area contributed by atoms with Crippen LogP contribution < -0.4 is 0 Å². The highest BCUT2D eigenvalue weighted by atomic mass is 16.5. The molecule has 12 heavy (non-hydrogen) atoms. The Kier molecular flexibility index (Phi) is 3.50. The van der Waals surface area contributed by atoms with Gasteiger partial charge in [0.15, 0.2) is 0 Å². The summed E-state index contributed by atoms with van der Waals surface area (Å²) in [4.78, 5) is 0. The van der Waals surface area contributed by atoms with E-state index in [1.165, 1.54) is 5.06 Å². The summed E-state index contributed by atoms with van der Waals surface area (Å²) in [5.41, 5.74) is 0.458. The van der Waals surface area contributed by atoms with E-state index in [0.717, 1.165) is 39.1 Å². The molecule has 0 atom stereocenters. The van der Waals surface area contributed by atoms with E-state index in [4.69, 9.17) is 9.94 Å². The second-order valence-electron chi connectivity index (χ2n) is 3.45. The van der Waals surface area contributed by atoms with E-state index in [-0.39, 0.29) is 0 Å². The summed E-state index contributed by atoms with van der Waals surface area (Å²) in [6.07, 6.45) is 2.20. The Morgan fingerprint density at radius 3 is 2.00 bits per heavy atom. The fourth-order valence-electron chi connectivity index (χ4n) is 1.65. The number of hydrogen-bond acceptors (Lipinski definition) is 3. The summed E-state index contributed by atoms with van der Waals surface area (Å²) in [7, 11) is 0. The molecule has 0 unspecified atom stereocenters. The smallest absolute Gasteiger partial charge is 0.0545 e. The number of rotatable bonds is 0. The number of nitrogens with zero attached hydrogens (tertiary/aromatic N) is 1. The Hall–Kier alpha value is -0.120. The van der Waals surface area contributed by atoms with Gasteiger partial charge in [0, 0.05) is 18.5 Å². The molecule has 2 aliphatic heterocycles. The van der Waals surface area contributed by atoms with E-state index in [1.54, 1.807) is 0 Å². The molecule has 0 radical (unpaired) electrons. The third-order valence-corrected chi connectivity index (χ3v) is 2.62. The van der Waals surface area contributed by atoms with Crippen LogP contribution in [0.25, 0.3) is 0 Å². The Balaban J connectivity index is 0.000000336. The summed E-state index contributed by atoms with van der Waals surface area (Å²) in [5.74, 6) is 0. The van der Waals surface area contributed by atoms with Gasteiger partial charge in [-0.25, -0.2) is 0 Å². The second kappa shape index (κ2) is 4.21. The van der Waals surface area contributed by atoms with Crippen molar-refractivity contribution >= 4 is 0 Å². The van der Waals surface area contributed by atoms with Gasteiger partial charge < -0.3 is 9.94 Å². The molecule has 0 amide bonds. The van der Waals surface area contributed by atoms with Gasteiger partial charge in [0.25, 0.3) is 0 Å². The average molecular weight is 173 g/mol. The van der Waals surface area contributed by atoms with Crippen LogP contribution in [0.2, 0.25) is 0 Å². The zero-order valence-corrected chi connectivity index (χ0v) is 8.05. The molecule has 3 nitrogen and oxygen atoms in total. The van der Waals surface area contributed by atoms with Crippen molar-refractivity contribution in [1.82, 2.24) is 5.06 Å². The minimum atomic E-state index is 0.458. The molecular formula is C9H19NO2. The molecule has 1 N–H and O–H groups in total. The van der Waals surface area contributed by atoms with Crippen molar-refractivity contribution in [3.05, 3.63) is 0 Å². The third-order valence-electron chi connectivity index (χ3n) is 2.62. The van der Waals surface area contributed by atoms with Crippen molar-refractivity contribution < 1.29 is 9.94 Å². The number of hydrogen-bond donors (Lipinski definition) is 1. The zero-order chi connectivity index (χ0) is 9.03. The summed E-state index contributed by atoms with van der Waals surface area (Å²) in [5, 5.41) is 10.5. The average Bonchev–Trinajstić information content (AvgIpc) is 2.07. The molecule has 72 valence electrons. The summed E-state index contributed by atoms with van der Waals surface area (Å²) < 4.78 is 5.15. The molecule has 3 heteroatoms. The monoisotopic (exact) mass is 173 g/mol. The van der Waals surface area contributed by atoms with Gasteiger partial charge in [0.1, 0.15) is 0 Å².